The molecular formula is C26H22N4O3S. The van der Waals surface area contributed by atoms with Gasteiger partial charge in [0.2, 0.25) is 5.91 Å². The minimum absolute atomic E-state index is 0.396. The van der Waals surface area contributed by atoms with Crippen molar-refractivity contribution in [1.29, 1.82) is 0 Å². The van der Waals surface area contributed by atoms with Crippen LogP contribution in [0.3, 0.4) is 0 Å². The third-order valence-corrected chi connectivity index (χ3v) is 6.76. The van der Waals surface area contributed by atoms with Gasteiger partial charge < -0.3 is 10.6 Å². The highest BCUT2D eigenvalue weighted by atomic mass is 32.1. The molecule has 7 nitrogen and oxygen atoms in total. The lowest BCUT2D eigenvalue weighted by molar-refractivity contribution is -0.133. The van der Waals surface area contributed by atoms with E-state index in [-0.39, 0.29) is 0 Å². The van der Waals surface area contributed by atoms with Crippen molar-refractivity contribution in [1.82, 2.24) is 15.2 Å². The fourth-order valence-electron chi connectivity index (χ4n) is 4.03. The highest BCUT2D eigenvalue weighted by Gasteiger charge is 2.49. The van der Waals surface area contributed by atoms with E-state index in [1.807, 2.05) is 79.0 Å². The molecule has 1 aromatic heterocycles. The number of nitrogens with one attached hydrogen (secondary N) is 2. The van der Waals surface area contributed by atoms with Crippen molar-refractivity contribution >= 4 is 45.1 Å². The summed E-state index contributed by atoms with van der Waals surface area (Å²) in [6, 6.07) is 20.8. The molecule has 1 atom stereocenters. The standard InChI is InChI=1S/C26H22N4O3S/c1-16-7-9-18(10-8-16)21-15-34-24(27-21)28-22(31)14-30-23(32)26(2,29-25(30)33)20-12-11-17-5-3-4-6-19(17)13-20/h3-13,15H,14H2,1-2H3,(H,29,33)(H,27,28,31). The maximum atomic E-state index is 13.2. The van der Waals surface area contributed by atoms with Gasteiger partial charge in [0.05, 0.1) is 5.69 Å². The molecule has 4 aromatic rings. The predicted molar refractivity (Wildman–Crippen MR) is 132 cm³/mol. The van der Waals surface area contributed by atoms with E-state index in [0.29, 0.717) is 10.7 Å². The molecule has 1 fully saturated rings. The molecule has 2 heterocycles. The van der Waals surface area contributed by atoms with Crippen molar-refractivity contribution in [3.63, 3.8) is 0 Å². The molecule has 0 radical (unpaired) electrons. The number of amides is 4. The minimum Gasteiger partial charge on any atom is -0.319 e. The van der Waals surface area contributed by atoms with Crippen LogP contribution in [0.4, 0.5) is 9.93 Å². The van der Waals surface area contributed by atoms with Gasteiger partial charge in [-0.2, -0.15) is 0 Å². The lowest BCUT2D eigenvalue weighted by Gasteiger charge is -2.22. The van der Waals surface area contributed by atoms with Gasteiger partial charge in [-0.05, 0) is 36.2 Å². The number of carbonyl (C=O) groups is 3. The Bertz CT molecular complexity index is 1430. The van der Waals surface area contributed by atoms with Gasteiger partial charge in [-0.15, -0.1) is 11.3 Å². The molecule has 1 unspecified atom stereocenters. The first-order valence-electron chi connectivity index (χ1n) is 10.8. The summed E-state index contributed by atoms with van der Waals surface area (Å²) in [5.74, 6) is -0.960. The van der Waals surface area contributed by atoms with E-state index in [0.717, 1.165) is 32.5 Å². The van der Waals surface area contributed by atoms with Crippen molar-refractivity contribution in [2.45, 2.75) is 19.4 Å². The van der Waals surface area contributed by atoms with Crippen LogP contribution in [0.2, 0.25) is 0 Å². The van der Waals surface area contributed by atoms with Crippen molar-refractivity contribution in [3.8, 4) is 11.3 Å². The average molecular weight is 471 g/mol. The van der Waals surface area contributed by atoms with Crippen LogP contribution in [0, 0.1) is 6.92 Å². The Morgan fingerprint density at radius 1 is 1.06 bits per heavy atom. The van der Waals surface area contributed by atoms with Crippen LogP contribution in [0.1, 0.15) is 18.1 Å². The monoisotopic (exact) mass is 470 g/mol. The summed E-state index contributed by atoms with van der Waals surface area (Å²) in [6.45, 7) is 3.27. The van der Waals surface area contributed by atoms with Gasteiger partial charge >= 0.3 is 6.03 Å². The maximum absolute atomic E-state index is 13.2. The number of hydrogen-bond acceptors (Lipinski definition) is 5. The second-order valence-corrected chi connectivity index (χ2v) is 9.32. The molecular weight excluding hydrogens is 448 g/mol. The summed E-state index contributed by atoms with van der Waals surface area (Å²) in [7, 11) is 0. The lowest BCUT2D eigenvalue weighted by atomic mass is 9.90. The van der Waals surface area contributed by atoms with Crippen LogP contribution in [-0.2, 0) is 15.1 Å². The number of hydrogen-bond donors (Lipinski definition) is 2. The topological polar surface area (TPSA) is 91.4 Å². The van der Waals surface area contributed by atoms with Crippen molar-refractivity contribution in [2.24, 2.45) is 0 Å². The summed E-state index contributed by atoms with van der Waals surface area (Å²) >= 11 is 1.29. The van der Waals surface area contributed by atoms with E-state index in [2.05, 4.69) is 15.6 Å². The van der Waals surface area contributed by atoms with Gasteiger partial charge in [0, 0.05) is 10.9 Å². The Morgan fingerprint density at radius 3 is 2.56 bits per heavy atom. The Kier molecular flexibility index (Phi) is 5.37. The Balaban J connectivity index is 1.30. The number of imide groups is 1. The lowest BCUT2D eigenvalue weighted by Crippen LogP contribution is -2.42. The molecule has 0 saturated carbocycles. The molecule has 0 aliphatic carbocycles. The summed E-state index contributed by atoms with van der Waals surface area (Å²) < 4.78 is 0. The first-order valence-corrected chi connectivity index (χ1v) is 11.7. The molecule has 1 aliphatic heterocycles. The number of aryl methyl sites for hydroxylation is 1. The van der Waals surface area contributed by atoms with Crippen molar-refractivity contribution < 1.29 is 14.4 Å². The zero-order valence-electron chi connectivity index (χ0n) is 18.7. The van der Waals surface area contributed by atoms with Crippen LogP contribution in [-0.4, -0.2) is 34.3 Å². The third kappa shape index (κ3) is 3.92. The zero-order chi connectivity index (χ0) is 23.9. The molecule has 4 amide bonds. The quantitative estimate of drug-likeness (QED) is 0.415. The molecule has 8 heteroatoms. The second kappa shape index (κ2) is 8.39. The van der Waals surface area contributed by atoms with Gasteiger partial charge in [0.25, 0.3) is 5.91 Å². The molecule has 170 valence electrons. The number of urea groups is 1. The number of nitrogens with zero attached hydrogens (tertiary/aromatic N) is 2. The van der Waals surface area contributed by atoms with Gasteiger partial charge in [0.15, 0.2) is 5.13 Å². The molecule has 34 heavy (non-hydrogen) atoms. The zero-order valence-corrected chi connectivity index (χ0v) is 19.5. The summed E-state index contributed by atoms with van der Waals surface area (Å²) in [5, 5.41) is 9.72. The van der Waals surface area contributed by atoms with E-state index in [9.17, 15) is 14.4 Å². The van der Waals surface area contributed by atoms with E-state index < -0.39 is 29.9 Å². The predicted octanol–water partition coefficient (Wildman–Crippen LogP) is 4.68. The Morgan fingerprint density at radius 2 is 1.79 bits per heavy atom. The number of fused-ring (bicyclic) bond motifs is 1. The third-order valence-electron chi connectivity index (χ3n) is 6.00. The van der Waals surface area contributed by atoms with Crippen LogP contribution in [0.15, 0.2) is 72.1 Å². The highest BCUT2D eigenvalue weighted by Crippen LogP contribution is 2.31. The van der Waals surface area contributed by atoms with Crippen molar-refractivity contribution in [2.75, 3.05) is 11.9 Å². The van der Waals surface area contributed by atoms with E-state index in [4.69, 9.17) is 0 Å². The Hall–Kier alpha value is -4.04. The fraction of sp³-hybridized carbons (Fsp3) is 0.154. The van der Waals surface area contributed by atoms with Crippen LogP contribution < -0.4 is 10.6 Å². The van der Waals surface area contributed by atoms with Gasteiger partial charge in [-0.1, -0.05) is 66.2 Å². The van der Waals surface area contributed by atoms with E-state index >= 15 is 0 Å². The summed E-state index contributed by atoms with van der Waals surface area (Å²) in [4.78, 5) is 43.9. The summed E-state index contributed by atoms with van der Waals surface area (Å²) in [5.41, 5.74) is 2.26. The van der Waals surface area contributed by atoms with Gasteiger partial charge in [-0.25, -0.2) is 9.78 Å². The molecule has 0 bridgehead atoms. The normalized spacial score (nSPS) is 17.8. The minimum atomic E-state index is -1.25. The number of aromatic nitrogens is 1. The average Bonchev–Trinajstić information content (AvgIpc) is 3.38. The number of anilines is 1. The Labute approximate surface area is 200 Å². The SMILES string of the molecule is Cc1ccc(-c2csc(NC(=O)CN3C(=O)NC(C)(c4ccc5ccccc5c4)C3=O)n2)cc1. The molecule has 1 saturated heterocycles. The smallest absolute Gasteiger partial charge is 0.319 e. The van der Waals surface area contributed by atoms with E-state index in [1.54, 1.807) is 6.92 Å². The molecule has 5 rings (SSSR count). The fourth-order valence-corrected chi connectivity index (χ4v) is 4.76. The maximum Gasteiger partial charge on any atom is 0.325 e. The van der Waals surface area contributed by atoms with Gasteiger partial charge in [0.1, 0.15) is 12.1 Å². The van der Waals surface area contributed by atoms with Crippen LogP contribution >= 0.6 is 11.3 Å². The first kappa shape index (κ1) is 21.8. The number of thiazole rings is 1. The van der Waals surface area contributed by atoms with Gasteiger partial charge in [-0.3, -0.25) is 14.5 Å². The number of carbonyl (C=O) groups excluding carboxylic acids is 3. The number of rotatable bonds is 5. The largest absolute Gasteiger partial charge is 0.325 e. The molecule has 1 aliphatic rings. The summed E-state index contributed by atoms with van der Waals surface area (Å²) in [6.07, 6.45) is 0. The molecule has 3 aromatic carbocycles. The van der Waals surface area contributed by atoms with Crippen molar-refractivity contribution in [3.05, 3.63) is 83.2 Å². The molecule has 2 N–H and O–H groups in total. The second-order valence-electron chi connectivity index (χ2n) is 8.46. The van der Waals surface area contributed by atoms with Crippen LogP contribution in [0.25, 0.3) is 22.0 Å². The highest BCUT2D eigenvalue weighted by molar-refractivity contribution is 7.14. The van der Waals surface area contributed by atoms with Crippen LogP contribution in [0.5, 0.6) is 0 Å². The first-order chi connectivity index (χ1) is 16.3. The van der Waals surface area contributed by atoms with E-state index in [1.165, 1.54) is 11.3 Å². The molecule has 0 spiro atoms. The number of benzene rings is 3.